The largest absolute Gasteiger partial charge is 0.464 e. The van der Waals surface area contributed by atoms with Gasteiger partial charge in [0.05, 0.1) is 22.7 Å². The summed E-state index contributed by atoms with van der Waals surface area (Å²) in [6.07, 6.45) is 0. The highest BCUT2D eigenvalue weighted by Gasteiger charge is 2.15. The first-order chi connectivity index (χ1) is 10.9. The number of anilines is 1. The van der Waals surface area contributed by atoms with Crippen molar-refractivity contribution >= 4 is 34.9 Å². The molecule has 23 heavy (non-hydrogen) atoms. The molecule has 8 nitrogen and oxygen atoms in total. The van der Waals surface area contributed by atoms with Crippen molar-refractivity contribution in [2.24, 2.45) is 0 Å². The molecule has 1 aromatic carbocycles. The third kappa shape index (κ3) is 3.80. The molecule has 0 fully saturated rings. The van der Waals surface area contributed by atoms with Gasteiger partial charge in [0, 0.05) is 12.1 Å². The van der Waals surface area contributed by atoms with Crippen LogP contribution in [0.3, 0.4) is 0 Å². The Bertz CT molecular complexity index is 794. The van der Waals surface area contributed by atoms with Gasteiger partial charge in [-0.05, 0) is 18.2 Å². The number of aromatic nitrogens is 1. The van der Waals surface area contributed by atoms with Gasteiger partial charge in [0.15, 0.2) is 0 Å². The maximum absolute atomic E-state index is 12.1. The highest BCUT2D eigenvalue weighted by molar-refractivity contribution is 6.34. The molecule has 1 amide bonds. The van der Waals surface area contributed by atoms with Gasteiger partial charge in [-0.3, -0.25) is 14.9 Å². The lowest BCUT2D eigenvalue weighted by molar-refractivity contribution is -0.384. The Morgan fingerprint density at radius 3 is 2.57 bits per heavy atom. The maximum atomic E-state index is 12.1. The second-order valence-corrected chi connectivity index (χ2v) is 4.68. The Morgan fingerprint density at radius 2 is 1.96 bits per heavy atom. The number of halogens is 1. The van der Waals surface area contributed by atoms with Crippen LogP contribution in [0, 0.1) is 10.1 Å². The van der Waals surface area contributed by atoms with E-state index in [1.807, 2.05) is 0 Å². The molecule has 0 saturated heterocycles. The number of carbonyl (C=O) groups is 2. The number of pyridine rings is 1. The van der Waals surface area contributed by atoms with E-state index in [0.717, 1.165) is 6.07 Å². The minimum absolute atomic E-state index is 0.0108. The average Bonchev–Trinajstić information content (AvgIpc) is 2.55. The first-order valence-electron chi connectivity index (χ1n) is 6.23. The minimum atomic E-state index is -0.673. The molecular formula is C14H10ClN3O5. The first-order valence-corrected chi connectivity index (χ1v) is 6.61. The maximum Gasteiger partial charge on any atom is 0.356 e. The van der Waals surface area contributed by atoms with Gasteiger partial charge in [-0.25, -0.2) is 9.78 Å². The van der Waals surface area contributed by atoms with Crippen LogP contribution in [0.2, 0.25) is 5.02 Å². The van der Waals surface area contributed by atoms with E-state index in [9.17, 15) is 19.7 Å². The van der Waals surface area contributed by atoms with Crippen molar-refractivity contribution in [3.63, 3.8) is 0 Å². The summed E-state index contributed by atoms with van der Waals surface area (Å²) in [5.74, 6) is -1.29. The van der Waals surface area contributed by atoms with Crippen LogP contribution in [-0.2, 0) is 4.74 Å². The number of nitro benzene ring substituents is 1. The molecule has 1 heterocycles. The molecule has 1 aromatic heterocycles. The van der Waals surface area contributed by atoms with E-state index >= 15 is 0 Å². The van der Waals surface area contributed by atoms with Gasteiger partial charge in [-0.1, -0.05) is 17.7 Å². The highest BCUT2D eigenvalue weighted by atomic mass is 35.5. The number of benzene rings is 1. The summed E-state index contributed by atoms with van der Waals surface area (Å²) in [5.41, 5.74) is -0.0522. The molecule has 9 heteroatoms. The summed E-state index contributed by atoms with van der Waals surface area (Å²) in [6, 6.07) is 7.92. The summed E-state index contributed by atoms with van der Waals surface area (Å²) in [6.45, 7) is 0. The van der Waals surface area contributed by atoms with Gasteiger partial charge in [0.2, 0.25) is 0 Å². The van der Waals surface area contributed by atoms with E-state index in [1.165, 1.54) is 37.4 Å². The Morgan fingerprint density at radius 1 is 1.26 bits per heavy atom. The number of nitrogens with one attached hydrogen (secondary N) is 1. The molecule has 118 valence electrons. The number of hydrogen-bond acceptors (Lipinski definition) is 6. The van der Waals surface area contributed by atoms with Crippen LogP contribution in [0.5, 0.6) is 0 Å². The van der Waals surface area contributed by atoms with Crippen LogP contribution in [0.1, 0.15) is 21.0 Å². The molecular weight excluding hydrogens is 326 g/mol. The molecule has 0 radical (unpaired) electrons. The number of amides is 1. The summed E-state index contributed by atoms with van der Waals surface area (Å²) in [4.78, 5) is 37.5. The molecule has 0 atom stereocenters. The van der Waals surface area contributed by atoms with E-state index in [0.29, 0.717) is 0 Å². The molecule has 1 N–H and O–H groups in total. The number of hydrogen-bond donors (Lipinski definition) is 1. The van der Waals surface area contributed by atoms with Gasteiger partial charge in [0.25, 0.3) is 11.6 Å². The van der Waals surface area contributed by atoms with E-state index in [1.54, 1.807) is 0 Å². The third-order valence-electron chi connectivity index (χ3n) is 2.79. The Balaban J connectivity index is 2.22. The molecule has 2 rings (SSSR count). The van der Waals surface area contributed by atoms with Crippen LogP contribution in [0.4, 0.5) is 11.4 Å². The fourth-order valence-electron chi connectivity index (χ4n) is 1.68. The number of ether oxygens (including phenoxy) is 1. The number of carbonyl (C=O) groups excluding carboxylic acids is 2. The van der Waals surface area contributed by atoms with Gasteiger partial charge in [0.1, 0.15) is 11.4 Å². The second kappa shape index (κ2) is 6.84. The van der Waals surface area contributed by atoms with Crippen LogP contribution in [0.15, 0.2) is 36.4 Å². The van der Waals surface area contributed by atoms with Crippen molar-refractivity contribution in [2.75, 3.05) is 12.4 Å². The quantitative estimate of drug-likeness (QED) is 0.522. The van der Waals surface area contributed by atoms with E-state index < -0.39 is 16.8 Å². The van der Waals surface area contributed by atoms with Crippen LogP contribution >= 0.6 is 11.6 Å². The molecule has 0 aliphatic carbocycles. The Labute approximate surface area is 135 Å². The molecule has 0 aliphatic rings. The summed E-state index contributed by atoms with van der Waals surface area (Å²) in [5, 5.41) is 13.1. The third-order valence-corrected chi connectivity index (χ3v) is 3.10. The normalized spacial score (nSPS) is 10.0. The topological polar surface area (TPSA) is 111 Å². The van der Waals surface area contributed by atoms with E-state index in [4.69, 9.17) is 11.6 Å². The highest BCUT2D eigenvalue weighted by Crippen LogP contribution is 2.26. The van der Waals surface area contributed by atoms with Crippen molar-refractivity contribution in [2.45, 2.75) is 0 Å². The zero-order valence-electron chi connectivity index (χ0n) is 11.8. The number of non-ortho nitro benzene ring substituents is 1. The molecule has 0 saturated carbocycles. The first kappa shape index (κ1) is 16.4. The second-order valence-electron chi connectivity index (χ2n) is 4.28. The summed E-state index contributed by atoms with van der Waals surface area (Å²) in [7, 11) is 1.20. The van der Waals surface area contributed by atoms with E-state index in [-0.39, 0.29) is 27.8 Å². The molecule has 2 aromatic rings. The monoisotopic (exact) mass is 335 g/mol. The SMILES string of the molecule is COC(=O)c1cccc(C(=O)Nc2ccc([N+](=O)[O-])cc2Cl)n1. The van der Waals surface area contributed by atoms with Crippen molar-refractivity contribution in [1.29, 1.82) is 0 Å². The standard InChI is InChI=1S/C14H10ClN3O5/c1-23-14(20)12-4-2-3-11(16-12)13(19)17-10-6-5-8(18(21)22)7-9(10)15/h2-7H,1H3,(H,17,19). The number of nitrogens with zero attached hydrogens (tertiary/aromatic N) is 2. The lowest BCUT2D eigenvalue weighted by Crippen LogP contribution is -2.16. The van der Waals surface area contributed by atoms with Crippen molar-refractivity contribution in [3.05, 3.63) is 62.9 Å². The van der Waals surface area contributed by atoms with E-state index in [2.05, 4.69) is 15.0 Å². The fourth-order valence-corrected chi connectivity index (χ4v) is 1.91. The minimum Gasteiger partial charge on any atom is -0.464 e. The molecule has 0 aliphatic heterocycles. The lowest BCUT2D eigenvalue weighted by atomic mass is 10.2. The average molecular weight is 336 g/mol. The summed E-state index contributed by atoms with van der Waals surface area (Å²) >= 11 is 5.90. The van der Waals surface area contributed by atoms with Gasteiger partial charge < -0.3 is 10.1 Å². The number of rotatable bonds is 4. The van der Waals surface area contributed by atoms with Crippen LogP contribution in [-0.4, -0.2) is 28.9 Å². The smallest absolute Gasteiger partial charge is 0.356 e. The Kier molecular flexibility index (Phi) is 4.87. The van der Waals surface area contributed by atoms with Gasteiger partial charge in [-0.2, -0.15) is 0 Å². The fraction of sp³-hybridized carbons (Fsp3) is 0.0714. The summed E-state index contributed by atoms with van der Waals surface area (Å²) < 4.78 is 4.53. The zero-order chi connectivity index (χ0) is 17.0. The van der Waals surface area contributed by atoms with Crippen LogP contribution in [0.25, 0.3) is 0 Å². The molecule has 0 unspecified atom stereocenters. The number of esters is 1. The molecule has 0 bridgehead atoms. The number of methoxy groups -OCH3 is 1. The number of nitro groups is 1. The Hall–Kier alpha value is -3.00. The van der Waals surface area contributed by atoms with Gasteiger partial charge >= 0.3 is 5.97 Å². The van der Waals surface area contributed by atoms with Crippen molar-refractivity contribution in [3.8, 4) is 0 Å². The van der Waals surface area contributed by atoms with Crippen molar-refractivity contribution < 1.29 is 19.2 Å². The zero-order valence-corrected chi connectivity index (χ0v) is 12.5. The van der Waals surface area contributed by atoms with Crippen molar-refractivity contribution in [1.82, 2.24) is 4.98 Å². The van der Waals surface area contributed by atoms with Gasteiger partial charge in [-0.15, -0.1) is 0 Å². The van der Waals surface area contributed by atoms with Crippen LogP contribution < -0.4 is 5.32 Å². The molecule has 0 spiro atoms. The lowest BCUT2D eigenvalue weighted by Gasteiger charge is -2.07. The predicted molar refractivity (Wildman–Crippen MR) is 81.6 cm³/mol. The predicted octanol–water partition coefficient (Wildman–Crippen LogP) is 2.68.